The first-order valence-electron chi connectivity index (χ1n) is 12.5. The summed E-state index contributed by atoms with van der Waals surface area (Å²) in [5, 5.41) is 2.76. The van der Waals surface area contributed by atoms with Crippen molar-refractivity contribution in [2.24, 2.45) is 0 Å². The van der Waals surface area contributed by atoms with Gasteiger partial charge in [0.15, 0.2) is 0 Å². The Kier molecular flexibility index (Phi) is 9.61. The average Bonchev–Trinajstić information content (AvgIpc) is 3.38. The molecule has 2 amide bonds. The molecular formula is C29H33ClN2O4S. The van der Waals surface area contributed by atoms with Gasteiger partial charge in [0, 0.05) is 36.7 Å². The molecule has 196 valence electrons. The van der Waals surface area contributed by atoms with E-state index >= 15 is 0 Å². The van der Waals surface area contributed by atoms with Crippen molar-refractivity contribution in [2.75, 3.05) is 40.0 Å². The average molecular weight is 541 g/mol. The summed E-state index contributed by atoms with van der Waals surface area (Å²) in [4.78, 5) is 31.7. The summed E-state index contributed by atoms with van der Waals surface area (Å²) in [6.07, 6.45) is 1.73. The molecule has 0 N–H and O–H groups in total. The monoisotopic (exact) mass is 540 g/mol. The summed E-state index contributed by atoms with van der Waals surface area (Å²) in [6.45, 7) is 3.89. The van der Waals surface area contributed by atoms with Crippen LogP contribution in [0.1, 0.15) is 34.0 Å². The Morgan fingerprint density at radius 3 is 2.73 bits per heavy atom. The van der Waals surface area contributed by atoms with Crippen molar-refractivity contribution >= 4 is 34.8 Å². The summed E-state index contributed by atoms with van der Waals surface area (Å²) in [7, 11) is 1.64. The highest BCUT2D eigenvalue weighted by Crippen LogP contribution is 2.34. The van der Waals surface area contributed by atoms with Crippen LogP contribution in [0.5, 0.6) is 5.75 Å². The Bertz CT molecular complexity index is 1200. The number of thiophene rings is 1. The zero-order valence-corrected chi connectivity index (χ0v) is 22.9. The molecule has 4 rings (SSSR count). The number of amides is 2. The summed E-state index contributed by atoms with van der Waals surface area (Å²) < 4.78 is 11.3. The molecule has 2 heterocycles. The second-order valence-corrected chi connectivity index (χ2v) is 10.6. The minimum atomic E-state index is -0.219. The Morgan fingerprint density at radius 2 is 1.97 bits per heavy atom. The topological polar surface area (TPSA) is 59.1 Å². The lowest BCUT2D eigenvalue weighted by molar-refractivity contribution is -0.142. The van der Waals surface area contributed by atoms with Gasteiger partial charge in [-0.2, -0.15) is 0 Å². The molecule has 3 aromatic rings. The van der Waals surface area contributed by atoms with E-state index in [-0.39, 0.29) is 30.8 Å². The third-order valence-corrected chi connectivity index (χ3v) is 8.03. The maximum atomic E-state index is 13.7. The lowest BCUT2D eigenvalue weighted by Crippen LogP contribution is -2.48. The molecule has 0 spiro atoms. The standard InChI is InChI=1S/C29H33ClN2O4S/c1-21-17-23(9-10-25(21)30)36-20-26-24-12-16-37-27(24)11-14-32(26)29(34)19-31(13-6-15-35-2)28(33)18-22-7-4-3-5-8-22/h3-5,7-10,12,16-17,26H,6,11,13-15,18-20H2,1-2H3/t26-/m1/s1. The van der Waals surface area contributed by atoms with Gasteiger partial charge in [-0.1, -0.05) is 41.9 Å². The number of methoxy groups -OCH3 is 1. The van der Waals surface area contributed by atoms with E-state index in [2.05, 4.69) is 11.4 Å². The molecule has 0 saturated heterocycles. The second kappa shape index (κ2) is 13.1. The number of benzene rings is 2. The second-order valence-electron chi connectivity index (χ2n) is 9.20. The fraction of sp³-hybridized carbons (Fsp3) is 0.379. The molecule has 8 heteroatoms. The summed E-state index contributed by atoms with van der Waals surface area (Å²) >= 11 is 7.88. The van der Waals surface area contributed by atoms with E-state index < -0.39 is 0 Å². The third-order valence-electron chi connectivity index (χ3n) is 6.61. The van der Waals surface area contributed by atoms with Crippen molar-refractivity contribution in [3.05, 3.63) is 86.6 Å². The molecule has 0 saturated carbocycles. The van der Waals surface area contributed by atoms with Crippen molar-refractivity contribution in [1.29, 1.82) is 0 Å². The number of fused-ring (bicyclic) bond motifs is 1. The molecule has 2 aromatic carbocycles. The minimum Gasteiger partial charge on any atom is -0.491 e. The number of carbonyl (C=O) groups is 2. The largest absolute Gasteiger partial charge is 0.491 e. The summed E-state index contributed by atoms with van der Waals surface area (Å²) in [5.41, 5.74) is 2.99. The van der Waals surface area contributed by atoms with Gasteiger partial charge in [-0.3, -0.25) is 9.59 Å². The fourth-order valence-electron chi connectivity index (χ4n) is 4.58. The Morgan fingerprint density at radius 1 is 1.16 bits per heavy atom. The first kappa shape index (κ1) is 27.2. The summed E-state index contributed by atoms with van der Waals surface area (Å²) in [6, 6.07) is 17.1. The first-order valence-corrected chi connectivity index (χ1v) is 13.8. The number of hydrogen-bond acceptors (Lipinski definition) is 5. The molecule has 1 aliphatic heterocycles. The first-order chi connectivity index (χ1) is 18.0. The van der Waals surface area contributed by atoms with E-state index in [1.807, 2.05) is 60.4 Å². The van der Waals surface area contributed by atoms with Gasteiger partial charge in [-0.05, 0) is 66.1 Å². The van der Waals surface area contributed by atoms with Crippen LogP contribution < -0.4 is 4.74 Å². The van der Waals surface area contributed by atoms with Crippen LogP contribution in [-0.4, -0.2) is 61.6 Å². The number of halogens is 1. The van der Waals surface area contributed by atoms with Gasteiger partial charge in [0.05, 0.1) is 19.0 Å². The third kappa shape index (κ3) is 7.12. The Balaban J connectivity index is 1.49. The van der Waals surface area contributed by atoms with E-state index in [4.69, 9.17) is 21.1 Å². The zero-order valence-electron chi connectivity index (χ0n) is 21.3. The quantitative estimate of drug-likeness (QED) is 0.309. The summed E-state index contributed by atoms with van der Waals surface area (Å²) in [5.74, 6) is 0.584. The van der Waals surface area contributed by atoms with Crippen LogP contribution in [0, 0.1) is 6.92 Å². The molecule has 6 nitrogen and oxygen atoms in total. The van der Waals surface area contributed by atoms with Gasteiger partial charge >= 0.3 is 0 Å². The predicted octanol–water partition coefficient (Wildman–Crippen LogP) is 5.32. The SMILES string of the molecule is COCCCN(CC(=O)N1CCc2sccc2[C@H]1COc1ccc(Cl)c(C)c1)C(=O)Cc1ccccc1. The smallest absolute Gasteiger partial charge is 0.242 e. The van der Waals surface area contributed by atoms with E-state index in [9.17, 15) is 9.59 Å². The molecule has 0 aliphatic carbocycles. The van der Waals surface area contributed by atoms with Crippen LogP contribution in [0.15, 0.2) is 60.0 Å². The van der Waals surface area contributed by atoms with Crippen LogP contribution in [0.4, 0.5) is 0 Å². The molecule has 1 aliphatic rings. The number of nitrogens with zero attached hydrogens (tertiary/aromatic N) is 2. The Hall–Kier alpha value is -2.87. The lowest BCUT2D eigenvalue weighted by Gasteiger charge is -2.37. The van der Waals surface area contributed by atoms with Gasteiger partial charge in [0.25, 0.3) is 0 Å². The lowest BCUT2D eigenvalue weighted by atomic mass is 10.00. The van der Waals surface area contributed by atoms with E-state index in [0.717, 1.165) is 28.9 Å². The van der Waals surface area contributed by atoms with Gasteiger partial charge in [0.2, 0.25) is 11.8 Å². The van der Waals surface area contributed by atoms with Gasteiger partial charge in [-0.15, -0.1) is 11.3 Å². The number of hydrogen-bond donors (Lipinski definition) is 0. The molecule has 37 heavy (non-hydrogen) atoms. The van der Waals surface area contributed by atoms with E-state index in [1.165, 1.54) is 4.88 Å². The molecule has 0 fully saturated rings. The normalized spacial score (nSPS) is 14.8. The maximum Gasteiger partial charge on any atom is 0.242 e. The Labute approximate surface area is 227 Å². The van der Waals surface area contributed by atoms with Crippen molar-refractivity contribution in [3.63, 3.8) is 0 Å². The van der Waals surface area contributed by atoms with Crippen molar-refractivity contribution < 1.29 is 19.1 Å². The van der Waals surface area contributed by atoms with Gasteiger partial charge in [0.1, 0.15) is 12.4 Å². The molecule has 1 aromatic heterocycles. The van der Waals surface area contributed by atoms with Crippen LogP contribution in [-0.2, 0) is 27.2 Å². The fourth-order valence-corrected chi connectivity index (χ4v) is 5.63. The number of rotatable bonds is 11. The van der Waals surface area contributed by atoms with Crippen LogP contribution in [0.3, 0.4) is 0 Å². The van der Waals surface area contributed by atoms with Crippen LogP contribution in [0.25, 0.3) is 0 Å². The van der Waals surface area contributed by atoms with Gasteiger partial charge in [-0.25, -0.2) is 0 Å². The number of ether oxygens (including phenoxy) is 2. The predicted molar refractivity (Wildman–Crippen MR) is 147 cm³/mol. The minimum absolute atomic E-state index is 0.0331. The van der Waals surface area contributed by atoms with E-state index in [1.54, 1.807) is 23.3 Å². The maximum absolute atomic E-state index is 13.7. The highest BCUT2D eigenvalue weighted by molar-refractivity contribution is 7.10. The number of carbonyl (C=O) groups excluding carboxylic acids is 2. The number of aryl methyl sites for hydroxylation is 1. The van der Waals surface area contributed by atoms with Gasteiger partial charge < -0.3 is 19.3 Å². The highest BCUT2D eigenvalue weighted by Gasteiger charge is 2.33. The zero-order chi connectivity index (χ0) is 26.2. The van der Waals surface area contributed by atoms with Crippen molar-refractivity contribution in [3.8, 4) is 5.75 Å². The highest BCUT2D eigenvalue weighted by atomic mass is 35.5. The van der Waals surface area contributed by atoms with Crippen LogP contribution in [0.2, 0.25) is 5.02 Å². The molecule has 1 atom stereocenters. The van der Waals surface area contributed by atoms with E-state index in [0.29, 0.717) is 37.7 Å². The van der Waals surface area contributed by atoms with Crippen LogP contribution >= 0.6 is 22.9 Å². The van der Waals surface area contributed by atoms with Crippen molar-refractivity contribution in [1.82, 2.24) is 9.80 Å². The molecule has 0 radical (unpaired) electrons. The van der Waals surface area contributed by atoms with Crippen molar-refractivity contribution in [2.45, 2.75) is 32.2 Å². The molecule has 0 unspecified atom stereocenters. The molecule has 0 bridgehead atoms. The molecular weight excluding hydrogens is 508 g/mol.